The van der Waals surface area contributed by atoms with E-state index in [-0.39, 0.29) is 22.0 Å². The zero-order valence-electron chi connectivity index (χ0n) is 8.86. The van der Waals surface area contributed by atoms with E-state index in [1.165, 1.54) is 32.2 Å². The van der Waals surface area contributed by atoms with Crippen molar-refractivity contribution in [2.24, 2.45) is 0 Å². The van der Waals surface area contributed by atoms with Crippen LogP contribution < -0.4 is 4.74 Å². The van der Waals surface area contributed by atoms with Gasteiger partial charge in [-0.15, -0.1) is 0 Å². The van der Waals surface area contributed by atoms with Gasteiger partial charge in [0.25, 0.3) is 5.24 Å². The Kier molecular flexibility index (Phi) is 3.93. The predicted octanol–water partition coefficient (Wildman–Crippen LogP) is 1.87. The lowest BCUT2D eigenvalue weighted by molar-refractivity contribution is 0.107. The minimum atomic E-state index is -3.35. The molecule has 0 aromatic heterocycles. The third kappa shape index (κ3) is 2.54. The Morgan fingerprint density at radius 1 is 1.44 bits per heavy atom. The van der Waals surface area contributed by atoms with E-state index < -0.39 is 15.1 Å². The molecule has 0 bridgehead atoms. The number of carbonyl (C=O) groups is 1. The lowest BCUT2D eigenvalue weighted by Crippen LogP contribution is -2.05. The fourth-order valence-corrected chi connectivity index (χ4v) is 2.25. The number of carbonyl (C=O) groups excluding carboxylic acids is 1. The summed E-state index contributed by atoms with van der Waals surface area (Å²) in [6.45, 7) is 1.53. The first-order valence-corrected chi connectivity index (χ1v) is 6.56. The number of ether oxygens (including phenoxy) is 1. The van der Waals surface area contributed by atoms with Crippen molar-refractivity contribution in [3.8, 4) is 5.75 Å². The van der Waals surface area contributed by atoms with Crippen molar-refractivity contribution >= 4 is 26.7 Å². The van der Waals surface area contributed by atoms with Gasteiger partial charge in [-0.3, -0.25) is 4.79 Å². The predicted molar refractivity (Wildman–Crippen MR) is 60.9 cm³/mol. The number of hydrogen-bond acceptors (Lipinski definition) is 4. The third-order valence-electron chi connectivity index (χ3n) is 2.12. The van der Waals surface area contributed by atoms with Gasteiger partial charge in [-0.25, -0.2) is 8.42 Å². The monoisotopic (exact) mass is 262 g/mol. The molecule has 0 aliphatic heterocycles. The van der Waals surface area contributed by atoms with Crippen molar-refractivity contribution in [2.75, 3.05) is 12.9 Å². The fourth-order valence-electron chi connectivity index (χ4n) is 1.20. The van der Waals surface area contributed by atoms with E-state index in [4.69, 9.17) is 16.3 Å². The molecule has 0 atom stereocenters. The largest absolute Gasteiger partial charge is 0.496 e. The van der Waals surface area contributed by atoms with Gasteiger partial charge in [-0.1, -0.05) is 6.92 Å². The molecule has 0 N–H and O–H groups in total. The smallest absolute Gasteiger partial charge is 0.256 e. The van der Waals surface area contributed by atoms with Crippen LogP contribution in [0.15, 0.2) is 23.1 Å². The lowest BCUT2D eigenvalue weighted by Gasteiger charge is -2.07. The van der Waals surface area contributed by atoms with Gasteiger partial charge in [0.1, 0.15) is 5.75 Å². The second-order valence-electron chi connectivity index (χ2n) is 3.04. The molecule has 88 valence electrons. The van der Waals surface area contributed by atoms with E-state index in [2.05, 4.69) is 0 Å². The first kappa shape index (κ1) is 13.0. The molecule has 16 heavy (non-hydrogen) atoms. The molecule has 4 nitrogen and oxygen atoms in total. The molecule has 1 aromatic carbocycles. The van der Waals surface area contributed by atoms with Gasteiger partial charge in [0.15, 0.2) is 9.84 Å². The molecule has 6 heteroatoms. The molecule has 0 spiro atoms. The summed E-state index contributed by atoms with van der Waals surface area (Å²) in [7, 11) is -1.96. The van der Waals surface area contributed by atoms with Crippen LogP contribution >= 0.6 is 11.6 Å². The Hall–Kier alpha value is -1.07. The van der Waals surface area contributed by atoms with E-state index in [0.717, 1.165) is 0 Å². The maximum atomic E-state index is 11.6. The van der Waals surface area contributed by atoms with Crippen LogP contribution in [-0.4, -0.2) is 26.5 Å². The Morgan fingerprint density at radius 2 is 2.06 bits per heavy atom. The number of halogens is 1. The van der Waals surface area contributed by atoms with Crippen molar-refractivity contribution in [2.45, 2.75) is 11.8 Å². The summed E-state index contributed by atoms with van der Waals surface area (Å²) in [5.74, 6) is 0.227. The van der Waals surface area contributed by atoms with Crippen LogP contribution in [0.5, 0.6) is 5.75 Å². The first-order valence-electron chi connectivity index (χ1n) is 4.53. The van der Waals surface area contributed by atoms with Crippen LogP contribution in [-0.2, 0) is 9.84 Å². The summed E-state index contributed by atoms with van der Waals surface area (Å²) >= 11 is 5.34. The standard InChI is InChI=1S/C10H11ClO4S/c1-3-16(13,14)7-4-5-9(15-2)8(6-7)10(11)12/h4-6H,3H2,1-2H3. The van der Waals surface area contributed by atoms with Crippen LogP contribution in [0.4, 0.5) is 0 Å². The van der Waals surface area contributed by atoms with Crippen LogP contribution in [0.25, 0.3) is 0 Å². The van der Waals surface area contributed by atoms with Gasteiger partial charge in [0.2, 0.25) is 0 Å². The maximum Gasteiger partial charge on any atom is 0.256 e. The summed E-state index contributed by atoms with van der Waals surface area (Å²) in [4.78, 5) is 11.2. The van der Waals surface area contributed by atoms with E-state index in [1.807, 2.05) is 0 Å². The van der Waals surface area contributed by atoms with Crippen LogP contribution in [0.1, 0.15) is 17.3 Å². The van der Waals surface area contributed by atoms with Gasteiger partial charge in [-0.2, -0.15) is 0 Å². The Bertz CT molecular complexity index is 508. The van der Waals surface area contributed by atoms with Crippen LogP contribution in [0, 0.1) is 0 Å². The molecule has 0 radical (unpaired) electrons. The molecule has 1 aromatic rings. The van der Waals surface area contributed by atoms with Gasteiger partial charge in [0, 0.05) is 0 Å². The quantitative estimate of drug-likeness (QED) is 0.777. The van der Waals surface area contributed by atoms with Crippen molar-refractivity contribution in [3.05, 3.63) is 23.8 Å². The van der Waals surface area contributed by atoms with E-state index >= 15 is 0 Å². The lowest BCUT2D eigenvalue weighted by atomic mass is 10.2. The van der Waals surface area contributed by atoms with Crippen LogP contribution in [0.3, 0.4) is 0 Å². The van der Waals surface area contributed by atoms with Gasteiger partial charge in [0.05, 0.1) is 23.3 Å². The van der Waals surface area contributed by atoms with Gasteiger partial charge < -0.3 is 4.74 Å². The van der Waals surface area contributed by atoms with Crippen molar-refractivity contribution in [1.29, 1.82) is 0 Å². The summed E-state index contributed by atoms with van der Waals surface area (Å²) in [5.41, 5.74) is 0.0543. The highest BCUT2D eigenvalue weighted by molar-refractivity contribution is 7.91. The molecular formula is C10H11ClO4S. The highest BCUT2D eigenvalue weighted by Crippen LogP contribution is 2.24. The molecule has 0 saturated carbocycles. The molecule has 1 rings (SSSR count). The van der Waals surface area contributed by atoms with Crippen molar-refractivity contribution < 1.29 is 17.9 Å². The molecule has 0 heterocycles. The second-order valence-corrected chi connectivity index (χ2v) is 5.66. The second kappa shape index (κ2) is 4.84. The first-order chi connectivity index (χ1) is 7.42. The topological polar surface area (TPSA) is 60.4 Å². The highest BCUT2D eigenvalue weighted by atomic mass is 35.5. The SMILES string of the molecule is CCS(=O)(=O)c1ccc(OC)c(C(=O)Cl)c1. The molecule has 0 aliphatic rings. The molecule has 0 saturated heterocycles. The summed E-state index contributed by atoms with van der Waals surface area (Å²) in [6, 6.07) is 4.03. The van der Waals surface area contributed by atoms with Gasteiger partial charge in [-0.05, 0) is 29.8 Å². The normalized spacial score (nSPS) is 11.2. The van der Waals surface area contributed by atoms with Crippen LogP contribution in [0.2, 0.25) is 0 Å². The molecule has 0 aliphatic carbocycles. The average Bonchev–Trinajstić information content (AvgIpc) is 2.28. The summed E-state index contributed by atoms with van der Waals surface area (Å²) in [5, 5.41) is -0.745. The minimum absolute atomic E-state index is 0.0325. The van der Waals surface area contributed by atoms with E-state index in [0.29, 0.717) is 0 Å². The number of sulfone groups is 1. The van der Waals surface area contributed by atoms with Crippen molar-refractivity contribution in [3.63, 3.8) is 0 Å². The molecule has 0 fully saturated rings. The number of hydrogen-bond donors (Lipinski definition) is 0. The maximum absolute atomic E-state index is 11.6. The fraction of sp³-hybridized carbons (Fsp3) is 0.300. The Morgan fingerprint density at radius 3 is 2.50 bits per heavy atom. The molecule has 0 unspecified atom stereocenters. The molecule has 0 amide bonds. The minimum Gasteiger partial charge on any atom is -0.496 e. The third-order valence-corrected chi connectivity index (χ3v) is 4.06. The summed E-state index contributed by atoms with van der Waals surface area (Å²) in [6.07, 6.45) is 0. The van der Waals surface area contributed by atoms with Crippen molar-refractivity contribution in [1.82, 2.24) is 0 Å². The number of methoxy groups -OCH3 is 1. The Balaban J connectivity index is 3.39. The van der Waals surface area contributed by atoms with E-state index in [1.54, 1.807) is 0 Å². The number of benzene rings is 1. The zero-order chi connectivity index (χ0) is 12.3. The number of rotatable bonds is 4. The summed E-state index contributed by atoms with van der Waals surface area (Å²) < 4.78 is 28.1. The highest BCUT2D eigenvalue weighted by Gasteiger charge is 2.17. The van der Waals surface area contributed by atoms with Gasteiger partial charge >= 0.3 is 0 Å². The molecular weight excluding hydrogens is 252 g/mol. The average molecular weight is 263 g/mol. The Labute approximate surface area is 99.1 Å². The van der Waals surface area contributed by atoms with E-state index in [9.17, 15) is 13.2 Å². The zero-order valence-corrected chi connectivity index (χ0v) is 10.4.